The molecule has 2 amide bonds. The first-order valence-corrected chi connectivity index (χ1v) is 7.62. The van der Waals surface area contributed by atoms with E-state index < -0.39 is 17.7 Å². The Labute approximate surface area is 129 Å². The number of aliphatic hydroxyl groups excluding tert-OH is 1. The Morgan fingerprint density at radius 2 is 2.27 bits per heavy atom. The number of benzene rings is 1. The van der Waals surface area contributed by atoms with Gasteiger partial charge in [0.15, 0.2) is 0 Å². The van der Waals surface area contributed by atoms with E-state index in [4.69, 9.17) is 0 Å². The Hall–Kier alpha value is -1.69. The molecule has 2 atom stereocenters. The van der Waals surface area contributed by atoms with Crippen LogP contribution < -0.4 is 5.32 Å². The van der Waals surface area contributed by atoms with Crippen LogP contribution in [0.5, 0.6) is 0 Å². The SMILES string of the molecule is CC(O)C1CCCN(C(=O)NCCc2cc(F)ccc2F)C1. The molecule has 4 nitrogen and oxygen atoms in total. The molecule has 1 saturated heterocycles. The lowest BCUT2D eigenvalue weighted by atomic mass is 9.94. The van der Waals surface area contributed by atoms with E-state index in [9.17, 15) is 18.7 Å². The predicted octanol–water partition coefficient (Wildman–Crippen LogP) is 2.31. The molecule has 2 N–H and O–H groups in total. The Balaban J connectivity index is 1.81. The highest BCUT2D eigenvalue weighted by molar-refractivity contribution is 5.74. The van der Waals surface area contributed by atoms with Crippen LogP contribution in [-0.4, -0.2) is 41.8 Å². The highest BCUT2D eigenvalue weighted by Crippen LogP contribution is 2.19. The highest BCUT2D eigenvalue weighted by Gasteiger charge is 2.26. The van der Waals surface area contributed by atoms with Gasteiger partial charge in [0.2, 0.25) is 0 Å². The predicted molar refractivity (Wildman–Crippen MR) is 79.4 cm³/mol. The number of rotatable bonds is 4. The lowest BCUT2D eigenvalue weighted by Crippen LogP contribution is -2.47. The van der Waals surface area contributed by atoms with Crippen LogP contribution in [0.25, 0.3) is 0 Å². The summed E-state index contributed by atoms with van der Waals surface area (Å²) in [6.07, 6.45) is 1.58. The van der Waals surface area contributed by atoms with Crippen molar-refractivity contribution >= 4 is 6.03 Å². The van der Waals surface area contributed by atoms with Gasteiger partial charge in [0.05, 0.1) is 6.10 Å². The van der Waals surface area contributed by atoms with Crippen LogP contribution in [0.2, 0.25) is 0 Å². The first-order valence-electron chi connectivity index (χ1n) is 7.62. The standard InChI is InChI=1S/C16H22F2N2O2/c1-11(21)13-3-2-8-20(10-13)16(22)19-7-6-12-9-14(17)4-5-15(12)18/h4-5,9,11,13,21H,2-3,6-8,10H2,1H3,(H,19,22). The lowest BCUT2D eigenvalue weighted by molar-refractivity contribution is 0.0740. The average Bonchev–Trinajstić information content (AvgIpc) is 2.50. The second-order valence-corrected chi connectivity index (χ2v) is 5.81. The summed E-state index contributed by atoms with van der Waals surface area (Å²) in [5, 5.41) is 12.3. The maximum absolute atomic E-state index is 13.5. The van der Waals surface area contributed by atoms with Crippen molar-refractivity contribution in [2.75, 3.05) is 19.6 Å². The number of carbonyl (C=O) groups excluding carboxylic acids is 1. The Morgan fingerprint density at radius 3 is 3.00 bits per heavy atom. The molecule has 0 aromatic heterocycles. The number of halogens is 2. The van der Waals surface area contributed by atoms with E-state index in [1.807, 2.05) is 0 Å². The number of hydrogen-bond donors (Lipinski definition) is 2. The normalized spacial score (nSPS) is 19.8. The Kier molecular flexibility index (Phi) is 5.71. The molecule has 1 aromatic carbocycles. The van der Waals surface area contributed by atoms with Crippen molar-refractivity contribution < 1.29 is 18.7 Å². The molecule has 1 aliphatic rings. The largest absolute Gasteiger partial charge is 0.393 e. The topological polar surface area (TPSA) is 52.6 Å². The zero-order chi connectivity index (χ0) is 16.1. The van der Waals surface area contributed by atoms with Crippen LogP contribution in [0.3, 0.4) is 0 Å². The molecule has 6 heteroatoms. The van der Waals surface area contributed by atoms with Crippen LogP contribution in [0.4, 0.5) is 13.6 Å². The molecular formula is C16H22F2N2O2. The number of urea groups is 1. The molecule has 22 heavy (non-hydrogen) atoms. The third-order valence-corrected chi connectivity index (χ3v) is 4.11. The third-order valence-electron chi connectivity index (χ3n) is 4.11. The van der Waals surface area contributed by atoms with E-state index in [2.05, 4.69) is 5.32 Å². The zero-order valence-electron chi connectivity index (χ0n) is 12.7. The number of nitrogens with one attached hydrogen (secondary N) is 1. The molecule has 0 spiro atoms. The molecule has 1 aliphatic heterocycles. The van der Waals surface area contributed by atoms with Crippen molar-refractivity contribution in [3.8, 4) is 0 Å². The second kappa shape index (κ2) is 7.54. The Morgan fingerprint density at radius 1 is 1.50 bits per heavy atom. The molecule has 1 aromatic rings. The monoisotopic (exact) mass is 312 g/mol. The van der Waals surface area contributed by atoms with Gasteiger partial charge in [0.1, 0.15) is 11.6 Å². The average molecular weight is 312 g/mol. The lowest BCUT2D eigenvalue weighted by Gasteiger charge is -2.34. The van der Waals surface area contributed by atoms with Gasteiger partial charge >= 0.3 is 6.03 Å². The second-order valence-electron chi connectivity index (χ2n) is 5.81. The number of carbonyl (C=O) groups is 1. The quantitative estimate of drug-likeness (QED) is 0.896. The smallest absolute Gasteiger partial charge is 0.317 e. The van der Waals surface area contributed by atoms with Gasteiger partial charge in [-0.05, 0) is 49.9 Å². The van der Waals surface area contributed by atoms with E-state index in [1.54, 1.807) is 11.8 Å². The molecule has 1 fully saturated rings. The molecule has 0 aliphatic carbocycles. The summed E-state index contributed by atoms with van der Waals surface area (Å²) in [6, 6.07) is 3.08. The summed E-state index contributed by atoms with van der Waals surface area (Å²) in [7, 11) is 0. The first-order chi connectivity index (χ1) is 10.5. The molecule has 2 unspecified atom stereocenters. The van der Waals surface area contributed by atoms with Gasteiger partial charge in [-0.1, -0.05) is 0 Å². The van der Waals surface area contributed by atoms with E-state index in [-0.39, 0.29) is 30.5 Å². The molecule has 0 saturated carbocycles. The number of hydrogen-bond acceptors (Lipinski definition) is 2. The van der Waals surface area contributed by atoms with Crippen molar-refractivity contribution in [3.05, 3.63) is 35.4 Å². The van der Waals surface area contributed by atoms with Crippen LogP contribution in [0.15, 0.2) is 18.2 Å². The minimum Gasteiger partial charge on any atom is -0.393 e. The minimum atomic E-state index is -0.487. The number of piperidine rings is 1. The van der Waals surface area contributed by atoms with E-state index in [0.29, 0.717) is 13.1 Å². The zero-order valence-corrected chi connectivity index (χ0v) is 12.7. The number of likely N-dealkylation sites (tertiary alicyclic amines) is 1. The molecule has 0 radical (unpaired) electrons. The molecular weight excluding hydrogens is 290 g/mol. The van der Waals surface area contributed by atoms with Crippen molar-refractivity contribution in [1.82, 2.24) is 10.2 Å². The summed E-state index contributed by atoms with van der Waals surface area (Å²) in [6.45, 7) is 3.16. The van der Waals surface area contributed by atoms with E-state index in [0.717, 1.165) is 31.0 Å². The van der Waals surface area contributed by atoms with Crippen molar-refractivity contribution in [1.29, 1.82) is 0 Å². The van der Waals surface area contributed by atoms with Gasteiger partial charge in [0, 0.05) is 25.6 Å². The third kappa shape index (κ3) is 4.40. The summed E-state index contributed by atoms with van der Waals surface area (Å²) in [5.41, 5.74) is 0.251. The summed E-state index contributed by atoms with van der Waals surface area (Å²) in [4.78, 5) is 13.7. The minimum absolute atomic E-state index is 0.0974. The van der Waals surface area contributed by atoms with Crippen LogP contribution in [0, 0.1) is 17.6 Å². The first kappa shape index (κ1) is 16.7. The number of nitrogens with zero attached hydrogens (tertiary/aromatic N) is 1. The fourth-order valence-electron chi connectivity index (χ4n) is 2.74. The van der Waals surface area contributed by atoms with Gasteiger partial charge in [-0.2, -0.15) is 0 Å². The highest BCUT2D eigenvalue weighted by atomic mass is 19.1. The fraction of sp³-hybridized carbons (Fsp3) is 0.562. The van der Waals surface area contributed by atoms with Crippen LogP contribution >= 0.6 is 0 Å². The van der Waals surface area contributed by atoms with Gasteiger partial charge < -0.3 is 15.3 Å². The van der Waals surface area contributed by atoms with Crippen molar-refractivity contribution in [2.45, 2.75) is 32.3 Å². The summed E-state index contributed by atoms with van der Waals surface area (Å²) < 4.78 is 26.5. The molecule has 2 rings (SSSR count). The van der Waals surface area contributed by atoms with E-state index >= 15 is 0 Å². The van der Waals surface area contributed by atoms with Crippen LogP contribution in [-0.2, 0) is 6.42 Å². The van der Waals surface area contributed by atoms with E-state index in [1.165, 1.54) is 0 Å². The molecule has 0 bridgehead atoms. The summed E-state index contributed by atoms with van der Waals surface area (Å²) >= 11 is 0. The van der Waals surface area contributed by atoms with Gasteiger partial charge in [-0.25, -0.2) is 13.6 Å². The molecule has 122 valence electrons. The summed E-state index contributed by atoms with van der Waals surface area (Å²) in [5.74, 6) is -0.860. The van der Waals surface area contributed by atoms with Crippen molar-refractivity contribution in [2.24, 2.45) is 5.92 Å². The van der Waals surface area contributed by atoms with Crippen molar-refractivity contribution in [3.63, 3.8) is 0 Å². The van der Waals surface area contributed by atoms with Crippen LogP contribution in [0.1, 0.15) is 25.3 Å². The maximum Gasteiger partial charge on any atom is 0.317 e. The molecule has 1 heterocycles. The van der Waals surface area contributed by atoms with Gasteiger partial charge in [-0.15, -0.1) is 0 Å². The Bertz CT molecular complexity index is 523. The van der Waals surface area contributed by atoms with Gasteiger partial charge in [0.25, 0.3) is 0 Å². The fourth-order valence-corrected chi connectivity index (χ4v) is 2.74. The van der Waals surface area contributed by atoms with Gasteiger partial charge in [-0.3, -0.25) is 0 Å². The number of aliphatic hydroxyl groups is 1. The maximum atomic E-state index is 13.5. The number of amides is 2.